The zero-order chi connectivity index (χ0) is 12.3. The number of hydrogen-bond acceptors (Lipinski definition) is 3. The molecule has 1 rings (SSSR count). The minimum Gasteiger partial charge on any atom is -0.496 e. The van der Waals surface area contributed by atoms with Crippen LogP contribution in [0, 0.1) is 0 Å². The third-order valence-corrected chi connectivity index (χ3v) is 2.46. The predicted octanol–water partition coefficient (Wildman–Crippen LogP) is 2.37. The molecule has 4 heteroatoms. The molecule has 3 nitrogen and oxygen atoms in total. The molecule has 0 saturated heterocycles. The van der Waals surface area contributed by atoms with Crippen LogP contribution in [0.4, 0.5) is 4.39 Å². The fourth-order valence-electron chi connectivity index (χ4n) is 1.59. The van der Waals surface area contributed by atoms with Crippen molar-refractivity contribution in [3.8, 4) is 11.5 Å². The monoisotopic (exact) mass is 227 g/mol. The van der Waals surface area contributed by atoms with Crippen LogP contribution < -0.4 is 15.2 Å². The summed E-state index contributed by atoms with van der Waals surface area (Å²) in [5, 5.41) is 0. The van der Waals surface area contributed by atoms with E-state index in [-0.39, 0.29) is 0 Å². The maximum absolute atomic E-state index is 14.0. The Bertz CT molecular complexity index is 372. The number of halogens is 1. The molecule has 0 aromatic heterocycles. The Morgan fingerprint density at radius 3 is 2.12 bits per heavy atom. The van der Waals surface area contributed by atoms with Crippen LogP contribution in [0.2, 0.25) is 0 Å². The highest BCUT2D eigenvalue weighted by atomic mass is 19.1. The first-order valence-electron chi connectivity index (χ1n) is 5.08. The van der Waals surface area contributed by atoms with E-state index in [1.54, 1.807) is 19.2 Å². The van der Waals surface area contributed by atoms with Gasteiger partial charge in [-0.3, -0.25) is 0 Å². The summed E-state index contributed by atoms with van der Waals surface area (Å²) >= 11 is 0. The SMILES string of the molecule is COc1cc(OC)c(C(C)(C)F)cc1CN. The highest BCUT2D eigenvalue weighted by Gasteiger charge is 2.25. The molecule has 0 unspecified atom stereocenters. The highest BCUT2D eigenvalue weighted by molar-refractivity contribution is 5.48. The van der Waals surface area contributed by atoms with E-state index in [2.05, 4.69) is 0 Å². The van der Waals surface area contributed by atoms with Gasteiger partial charge < -0.3 is 15.2 Å². The summed E-state index contributed by atoms with van der Waals surface area (Å²) in [6.07, 6.45) is 0. The van der Waals surface area contributed by atoms with Gasteiger partial charge in [0.1, 0.15) is 17.2 Å². The first-order valence-corrected chi connectivity index (χ1v) is 5.08. The lowest BCUT2D eigenvalue weighted by atomic mass is 9.96. The van der Waals surface area contributed by atoms with Crippen LogP contribution in [0.1, 0.15) is 25.0 Å². The van der Waals surface area contributed by atoms with Gasteiger partial charge in [0, 0.05) is 23.7 Å². The standard InChI is InChI=1S/C12H18FNO2/c1-12(2,13)9-5-8(7-14)10(15-3)6-11(9)16-4/h5-6H,7,14H2,1-4H3. The molecule has 2 N–H and O–H groups in total. The number of hydrogen-bond donors (Lipinski definition) is 1. The number of nitrogens with two attached hydrogens (primary N) is 1. The van der Waals surface area contributed by atoms with Gasteiger partial charge in [-0.1, -0.05) is 0 Å². The maximum Gasteiger partial charge on any atom is 0.134 e. The van der Waals surface area contributed by atoms with Crippen LogP contribution in [-0.4, -0.2) is 14.2 Å². The molecule has 0 atom stereocenters. The molecule has 90 valence electrons. The fraction of sp³-hybridized carbons (Fsp3) is 0.500. The number of methoxy groups -OCH3 is 2. The van der Waals surface area contributed by atoms with E-state index < -0.39 is 5.67 Å². The molecule has 0 aliphatic rings. The van der Waals surface area contributed by atoms with Crippen molar-refractivity contribution in [3.05, 3.63) is 23.3 Å². The molecule has 0 aliphatic carbocycles. The number of rotatable bonds is 4. The van der Waals surface area contributed by atoms with Gasteiger partial charge in [-0.2, -0.15) is 0 Å². The zero-order valence-electron chi connectivity index (χ0n) is 10.1. The lowest BCUT2D eigenvalue weighted by Crippen LogP contribution is -2.13. The van der Waals surface area contributed by atoms with E-state index in [4.69, 9.17) is 15.2 Å². The lowest BCUT2D eigenvalue weighted by molar-refractivity contribution is 0.213. The third-order valence-electron chi connectivity index (χ3n) is 2.46. The summed E-state index contributed by atoms with van der Waals surface area (Å²) in [4.78, 5) is 0. The van der Waals surface area contributed by atoms with Gasteiger partial charge in [-0.15, -0.1) is 0 Å². The Morgan fingerprint density at radius 1 is 1.19 bits per heavy atom. The molecular formula is C12H18FNO2. The van der Waals surface area contributed by atoms with E-state index in [1.807, 2.05) is 0 Å². The predicted molar refractivity (Wildman–Crippen MR) is 61.6 cm³/mol. The van der Waals surface area contributed by atoms with Crippen molar-refractivity contribution >= 4 is 0 Å². The van der Waals surface area contributed by atoms with E-state index in [1.165, 1.54) is 21.0 Å². The van der Waals surface area contributed by atoms with Crippen LogP contribution in [0.15, 0.2) is 12.1 Å². The highest BCUT2D eigenvalue weighted by Crippen LogP contribution is 2.37. The maximum atomic E-state index is 14.0. The number of alkyl halides is 1. The van der Waals surface area contributed by atoms with Crippen molar-refractivity contribution in [2.75, 3.05) is 14.2 Å². The molecule has 0 spiro atoms. The van der Waals surface area contributed by atoms with E-state index in [9.17, 15) is 4.39 Å². The Labute approximate surface area is 95.4 Å². The molecule has 0 bridgehead atoms. The second-order valence-corrected chi connectivity index (χ2v) is 4.04. The van der Waals surface area contributed by atoms with Crippen LogP contribution >= 0.6 is 0 Å². The first-order chi connectivity index (χ1) is 7.43. The molecule has 0 radical (unpaired) electrons. The average Bonchev–Trinajstić information content (AvgIpc) is 2.25. The molecular weight excluding hydrogens is 209 g/mol. The second-order valence-electron chi connectivity index (χ2n) is 4.04. The van der Waals surface area contributed by atoms with Crippen LogP contribution in [-0.2, 0) is 12.2 Å². The van der Waals surface area contributed by atoms with Crippen molar-refractivity contribution in [2.24, 2.45) is 5.73 Å². The fourth-order valence-corrected chi connectivity index (χ4v) is 1.59. The lowest BCUT2D eigenvalue weighted by Gasteiger charge is -2.20. The van der Waals surface area contributed by atoms with Crippen LogP contribution in [0.3, 0.4) is 0 Å². The summed E-state index contributed by atoms with van der Waals surface area (Å²) in [7, 11) is 3.06. The van der Waals surface area contributed by atoms with E-state index >= 15 is 0 Å². The first kappa shape index (κ1) is 12.8. The number of benzene rings is 1. The largest absolute Gasteiger partial charge is 0.496 e. The summed E-state index contributed by atoms with van der Waals surface area (Å²) in [5.41, 5.74) is 5.37. The minimum atomic E-state index is -1.47. The summed E-state index contributed by atoms with van der Waals surface area (Å²) < 4.78 is 24.3. The third kappa shape index (κ3) is 2.44. The van der Waals surface area contributed by atoms with Gasteiger partial charge in [0.15, 0.2) is 0 Å². The molecule has 0 heterocycles. The Kier molecular flexibility index (Phi) is 3.75. The zero-order valence-corrected chi connectivity index (χ0v) is 10.1. The summed E-state index contributed by atoms with van der Waals surface area (Å²) in [6, 6.07) is 3.36. The molecule has 0 aliphatic heterocycles. The quantitative estimate of drug-likeness (QED) is 0.858. The van der Waals surface area contributed by atoms with Crippen molar-refractivity contribution in [2.45, 2.75) is 26.1 Å². The van der Waals surface area contributed by atoms with Crippen LogP contribution in [0.5, 0.6) is 11.5 Å². The Hall–Kier alpha value is -1.29. The topological polar surface area (TPSA) is 44.5 Å². The minimum absolute atomic E-state index is 0.302. The van der Waals surface area contributed by atoms with Gasteiger partial charge in [-0.25, -0.2) is 4.39 Å². The van der Waals surface area contributed by atoms with E-state index in [0.29, 0.717) is 23.6 Å². The van der Waals surface area contributed by atoms with Gasteiger partial charge in [0.05, 0.1) is 14.2 Å². The molecule has 1 aromatic carbocycles. The molecule has 0 saturated carbocycles. The average molecular weight is 227 g/mol. The van der Waals surface area contributed by atoms with Gasteiger partial charge in [-0.05, 0) is 19.9 Å². The van der Waals surface area contributed by atoms with Crippen molar-refractivity contribution in [1.82, 2.24) is 0 Å². The summed E-state index contributed by atoms with van der Waals surface area (Å²) in [5.74, 6) is 1.09. The molecule has 0 fully saturated rings. The Morgan fingerprint density at radius 2 is 1.75 bits per heavy atom. The van der Waals surface area contributed by atoms with Gasteiger partial charge in [0.2, 0.25) is 0 Å². The van der Waals surface area contributed by atoms with E-state index in [0.717, 1.165) is 5.56 Å². The van der Waals surface area contributed by atoms with Crippen molar-refractivity contribution in [1.29, 1.82) is 0 Å². The number of ether oxygens (including phenoxy) is 2. The Balaban J connectivity index is 3.38. The van der Waals surface area contributed by atoms with Gasteiger partial charge in [0.25, 0.3) is 0 Å². The molecule has 16 heavy (non-hydrogen) atoms. The molecule has 1 aromatic rings. The van der Waals surface area contributed by atoms with Crippen LogP contribution in [0.25, 0.3) is 0 Å². The van der Waals surface area contributed by atoms with Crippen molar-refractivity contribution in [3.63, 3.8) is 0 Å². The second kappa shape index (κ2) is 4.70. The summed E-state index contributed by atoms with van der Waals surface area (Å²) in [6.45, 7) is 3.27. The van der Waals surface area contributed by atoms with Gasteiger partial charge >= 0.3 is 0 Å². The smallest absolute Gasteiger partial charge is 0.134 e. The normalized spacial score (nSPS) is 11.4. The van der Waals surface area contributed by atoms with Crippen molar-refractivity contribution < 1.29 is 13.9 Å². The molecule has 0 amide bonds.